The standard InChI is InChI=1S/C19H17Cl2N3OS2/c1-2-17(27-13-6-4-12(22)5-7-13)18(25)24-19-23-16(10-26-19)14-8-3-11(20)9-15(14)21/h3-10,17H,2,22H2,1H3,(H,23,24,25). The van der Waals surface area contributed by atoms with E-state index in [-0.39, 0.29) is 11.2 Å². The van der Waals surface area contributed by atoms with Crippen molar-refractivity contribution in [2.45, 2.75) is 23.5 Å². The average molecular weight is 438 g/mol. The Morgan fingerprint density at radius 3 is 2.67 bits per heavy atom. The molecule has 1 atom stereocenters. The van der Waals surface area contributed by atoms with Crippen LogP contribution in [0.3, 0.4) is 0 Å². The Bertz CT molecular complexity index is 944. The van der Waals surface area contributed by atoms with Crippen LogP contribution in [-0.2, 0) is 4.79 Å². The molecular weight excluding hydrogens is 421 g/mol. The lowest BCUT2D eigenvalue weighted by Crippen LogP contribution is -2.24. The molecule has 0 saturated carbocycles. The number of nitrogen functional groups attached to an aromatic ring is 1. The molecule has 1 heterocycles. The Labute approximate surface area is 176 Å². The molecule has 0 radical (unpaired) electrons. The molecule has 3 aromatic rings. The number of hydrogen-bond donors (Lipinski definition) is 2. The molecule has 27 heavy (non-hydrogen) atoms. The number of carbonyl (C=O) groups excluding carboxylic acids is 1. The van der Waals surface area contributed by atoms with Crippen LogP contribution in [0.1, 0.15) is 13.3 Å². The molecule has 3 rings (SSSR count). The molecule has 0 saturated heterocycles. The number of thioether (sulfide) groups is 1. The Morgan fingerprint density at radius 2 is 2.00 bits per heavy atom. The summed E-state index contributed by atoms with van der Waals surface area (Å²) in [5, 5.41) is 6.17. The van der Waals surface area contributed by atoms with Gasteiger partial charge in [0.2, 0.25) is 5.91 Å². The second-order valence-corrected chi connectivity index (χ2v) is 8.71. The first-order valence-corrected chi connectivity index (χ1v) is 10.7. The number of thiazole rings is 1. The van der Waals surface area contributed by atoms with Crippen LogP contribution in [0.4, 0.5) is 10.8 Å². The van der Waals surface area contributed by atoms with Crippen molar-refractivity contribution in [3.8, 4) is 11.3 Å². The third kappa shape index (κ3) is 5.17. The van der Waals surface area contributed by atoms with Crippen LogP contribution in [0.5, 0.6) is 0 Å². The number of nitrogens with one attached hydrogen (secondary N) is 1. The Morgan fingerprint density at radius 1 is 1.26 bits per heavy atom. The number of benzene rings is 2. The quantitative estimate of drug-likeness (QED) is 0.355. The summed E-state index contributed by atoms with van der Waals surface area (Å²) in [6.45, 7) is 1.98. The van der Waals surface area contributed by atoms with Gasteiger partial charge < -0.3 is 11.1 Å². The van der Waals surface area contributed by atoms with Crippen LogP contribution >= 0.6 is 46.3 Å². The zero-order chi connectivity index (χ0) is 19.4. The Balaban J connectivity index is 1.69. The first kappa shape index (κ1) is 20.0. The van der Waals surface area contributed by atoms with Gasteiger partial charge in [-0.15, -0.1) is 23.1 Å². The predicted molar refractivity (Wildman–Crippen MR) is 117 cm³/mol. The number of halogens is 2. The molecule has 4 nitrogen and oxygen atoms in total. The molecule has 140 valence electrons. The van der Waals surface area contributed by atoms with Crippen LogP contribution in [0.15, 0.2) is 52.7 Å². The Hall–Kier alpha value is -1.73. The fourth-order valence-electron chi connectivity index (χ4n) is 2.37. The second-order valence-electron chi connectivity index (χ2n) is 5.74. The van der Waals surface area contributed by atoms with Crippen molar-refractivity contribution < 1.29 is 4.79 Å². The first-order chi connectivity index (χ1) is 13.0. The molecule has 3 N–H and O–H groups in total. The SMILES string of the molecule is CCC(Sc1ccc(N)cc1)C(=O)Nc1nc(-c2ccc(Cl)cc2Cl)cs1. The monoisotopic (exact) mass is 437 g/mol. The fourth-order valence-corrected chi connectivity index (χ4v) is 4.54. The summed E-state index contributed by atoms with van der Waals surface area (Å²) in [6, 6.07) is 12.7. The van der Waals surface area contributed by atoms with Crippen molar-refractivity contribution in [3.63, 3.8) is 0 Å². The highest BCUT2D eigenvalue weighted by atomic mass is 35.5. The van der Waals surface area contributed by atoms with Crippen LogP contribution in [-0.4, -0.2) is 16.1 Å². The molecule has 0 spiro atoms. The van der Waals surface area contributed by atoms with Gasteiger partial charge in [-0.05, 0) is 48.9 Å². The molecular formula is C19H17Cl2N3OS2. The van der Waals surface area contributed by atoms with E-state index in [1.807, 2.05) is 42.6 Å². The van der Waals surface area contributed by atoms with Gasteiger partial charge in [-0.1, -0.05) is 30.1 Å². The number of aromatic nitrogens is 1. The number of amides is 1. The van der Waals surface area contributed by atoms with Crippen molar-refractivity contribution in [3.05, 3.63) is 57.9 Å². The van der Waals surface area contributed by atoms with Gasteiger partial charge in [0, 0.05) is 26.5 Å². The van der Waals surface area contributed by atoms with E-state index in [0.29, 0.717) is 33.0 Å². The highest BCUT2D eigenvalue weighted by Gasteiger charge is 2.19. The summed E-state index contributed by atoms with van der Waals surface area (Å²) in [5.41, 5.74) is 7.89. The number of rotatable bonds is 6. The van der Waals surface area contributed by atoms with Gasteiger partial charge in [-0.3, -0.25) is 4.79 Å². The molecule has 0 aliphatic heterocycles. The lowest BCUT2D eigenvalue weighted by atomic mass is 10.2. The van der Waals surface area contributed by atoms with Crippen LogP contribution in [0, 0.1) is 0 Å². The maximum Gasteiger partial charge on any atom is 0.239 e. The maximum absolute atomic E-state index is 12.6. The third-order valence-electron chi connectivity index (χ3n) is 3.76. The molecule has 0 aliphatic rings. The molecule has 0 bridgehead atoms. The normalized spacial score (nSPS) is 12.0. The molecule has 2 aromatic carbocycles. The first-order valence-electron chi connectivity index (χ1n) is 8.20. The van der Waals surface area contributed by atoms with E-state index < -0.39 is 0 Å². The Kier molecular flexibility index (Phi) is 6.65. The zero-order valence-electron chi connectivity index (χ0n) is 14.4. The van der Waals surface area contributed by atoms with E-state index in [1.54, 1.807) is 12.1 Å². The average Bonchev–Trinajstić information content (AvgIpc) is 3.09. The minimum atomic E-state index is -0.222. The number of nitrogens with zero attached hydrogens (tertiary/aromatic N) is 1. The molecule has 1 aromatic heterocycles. The zero-order valence-corrected chi connectivity index (χ0v) is 17.6. The van der Waals surface area contributed by atoms with Crippen molar-refractivity contribution in [2.24, 2.45) is 0 Å². The molecule has 0 fully saturated rings. The fraction of sp³-hybridized carbons (Fsp3) is 0.158. The topological polar surface area (TPSA) is 68.0 Å². The van der Waals surface area contributed by atoms with Gasteiger partial charge in [-0.2, -0.15) is 0 Å². The highest BCUT2D eigenvalue weighted by molar-refractivity contribution is 8.00. The summed E-state index contributed by atoms with van der Waals surface area (Å²) in [5.74, 6) is -0.0811. The van der Waals surface area contributed by atoms with Crippen molar-refractivity contribution in [1.82, 2.24) is 4.98 Å². The van der Waals surface area contributed by atoms with E-state index in [1.165, 1.54) is 23.1 Å². The smallest absolute Gasteiger partial charge is 0.239 e. The van der Waals surface area contributed by atoms with Gasteiger partial charge in [0.15, 0.2) is 5.13 Å². The van der Waals surface area contributed by atoms with Gasteiger partial charge in [0.1, 0.15) is 0 Å². The summed E-state index contributed by atoms with van der Waals surface area (Å²) >= 11 is 15.0. The van der Waals surface area contributed by atoms with E-state index >= 15 is 0 Å². The summed E-state index contributed by atoms with van der Waals surface area (Å²) in [6.07, 6.45) is 0.697. The lowest BCUT2D eigenvalue weighted by molar-refractivity contribution is -0.115. The minimum Gasteiger partial charge on any atom is -0.399 e. The lowest BCUT2D eigenvalue weighted by Gasteiger charge is -2.13. The maximum atomic E-state index is 12.6. The van der Waals surface area contributed by atoms with Crippen LogP contribution in [0.2, 0.25) is 10.0 Å². The van der Waals surface area contributed by atoms with Gasteiger partial charge in [0.25, 0.3) is 0 Å². The minimum absolute atomic E-state index is 0.0811. The van der Waals surface area contributed by atoms with Crippen molar-refractivity contribution in [2.75, 3.05) is 11.1 Å². The second kappa shape index (κ2) is 8.97. The van der Waals surface area contributed by atoms with Gasteiger partial charge in [-0.25, -0.2) is 4.98 Å². The molecule has 1 unspecified atom stereocenters. The van der Waals surface area contributed by atoms with E-state index in [2.05, 4.69) is 10.3 Å². The molecule has 1 amide bonds. The number of nitrogens with two attached hydrogens (primary N) is 1. The van der Waals surface area contributed by atoms with Crippen molar-refractivity contribution in [1.29, 1.82) is 0 Å². The third-order valence-corrected chi connectivity index (χ3v) is 6.44. The van der Waals surface area contributed by atoms with E-state index in [0.717, 1.165) is 10.5 Å². The van der Waals surface area contributed by atoms with E-state index in [4.69, 9.17) is 28.9 Å². The number of carbonyl (C=O) groups is 1. The number of anilines is 2. The number of hydrogen-bond acceptors (Lipinski definition) is 5. The summed E-state index contributed by atoms with van der Waals surface area (Å²) in [4.78, 5) is 18.1. The van der Waals surface area contributed by atoms with Crippen LogP contribution < -0.4 is 11.1 Å². The predicted octanol–water partition coefficient (Wildman–Crippen LogP) is 6.21. The van der Waals surface area contributed by atoms with Gasteiger partial charge >= 0.3 is 0 Å². The van der Waals surface area contributed by atoms with E-state index in [9.17, 15) is 4.79 Å². The molecule has 0 aliphatic carbocycles. The highest BCUT2D eigenvalue weighted by Crippen LogP contribution is 2.33. The van der Waals surface area contributed by atoms with Crippen molar-refractivity contribution >= 4 is 63.0 Å². The van der Waals surface area contributed by atoms with Gasteiger partial charge in [0.05, 0.1) is 16.0 Å². The van der Waals surface area contributed by atoms with Crippen LogP contribution in [0.25, 0.3) is 11.3 Å². The summed E-state index contributed by atoms with van der Waals surface area (Å²) in [7, 11) is 0. The largest absolute Gasteiger partial charge is 0.399 e. The summed E-state index contributed by atoms with van der Waals surface area (Å²) < 4.78 is 0. The molecule has 8 heteroatoms.